The van der Waals surface area contributed by atoms with Crippen molar-refractivity contribution in [2.45, 2.75) is 29.9 Å². The van der Waals surface area contributed by atoms with Crippen molar-refractivity contribution in [1.82, 2.24) is 19.1 Å². The fourth-order valence-electron chi connectivity index (χ4n) is 3.36. The number of hydrogen-bond donors (Lipinski definition) is 2. The van der Waals surface area contributed by atoms with E-state index in [-0.39, 0.29) is 32.6 Å². The second kappa shape index (κ2) is 16.6. The number of benzene rings is 2. The molecule has 0 saturated carbocycles. The van der Waals surface area contributed by atoms with Gasteiger partial charge in [0.1, 0.15) is 0 Å². The first-order chi connectivity index (χ1) is 23.5. The van der Waals surface area contributed by atoms with E-state index in [2.05, 4.69) is 15.3 Å². The van der Waals surface area contributed by atoms with E-state index in [1.165, 1.54) is 7.05 Å². The molecule has 2 aromatic heterocycles. The van der Waals surface area contributed by atoms with Gasteiger partial charge in [-0.1, -0.05) is 58.2 Å². The first kappa shape index (κ1) is 44.6. The molecule has 4 aromatic rings. The van der Waals surface area contributed by atoms with E-state index in [0.29, 0.717) is 18.2 Å². The van der Waals surface area contributed by atoms with Gasteiger partial charge in [0.05, 0.1) is 42.6 Å². The van der Waals surface area contributed by atoms with Crippen molar-refractivity contribution in [3.8, 4) is 0 Å². The molecule has 0 atom stereocenters. The molecule has 0 unspecified atom stereocenters. The van der Waals surface area contributed by atoms with Crippen LogP contribution in [0.2, 0.25) is 20.1 Å². The predicted octanol–water partition coefficient (Wildman–Crippen LogP) is 9.98. The number of nitrogens with one attached hydrogen (secondary N) is 1. The van der Waals surface area contributed by atoms with Crippen molar-refractivity contribution in [1.29, 1.82) is 0 Å². The molecule has 2 heterocycles. The summed E-state index contributed by atoms with van der Waals surface area (Å²) in [6, 6.07) is 3.33. The maximum atomic E-state index is 12.7. The fourth-order valence-corrected chi connectivity index (χ4v) is 4.98. The van der Waals surface area contributed by atoms with E-state index in [9.17, 15) is 62.3 Å². The lowest BCUT2D eigenvalue weighted by atomic mass is 10.2. The molecule has 3 N–H and O–H groups in total. The number of anilines is 3. The summed E-state index contributed by atoms with van der Waals surface area (Å²) in [4.78, 5) is 29.3. The normalized spacial score (nSPS) is 12.1. The van der Waals surface area contributed by atoms with Crippen molar-refractivity contribution in [3.05, 3.63) is 99.7 Å². The van der Waals surface area contributed by atoms with Gasteiger partial charge in [-0.25, -0.2) is 9.97 Å². The smallest absolute Gasteiger partial charge is 0.396 e. The second-order valence-corrected chi connectivity index (χ2v) is 12.1. The van der Waals surface area contributed by atoms with Gasteiger partial charge in [0.25, 0.3) is 11.1 Å². The number of aromatic nitrogens is 4. The van der Waals surface area contributed by atoms with Crippen LogP contribution in [0.3, 0.4) is 0 Å². The lowest BCUT2D eigenvalue weighted by molar-refractivity contribution is -0.142. The Kier molecular flexibility index (Phi) is 14.3. The molecule has 0 aliphatic rings. The molecule has 286 valence electrons. The van der Waals surface area contributed by atoms with Crippen molar-refractivity contribution in [3.63, 3.8) is 0 Å². The molecule has 0 fully saturated rings. The molecule has 0 spiro atoms. The topological polar surface area (TPSA) is 108 Å². The third-order valence-electron chi connectivity index (χ3n) is 6.00. The molecule has 0 radical (unpaired) electrons. The monoisotopic (exact) mass is 858 g/mol. The maximum Gasteiger partial charge on any atom is 0.433 e. The Hall–Kier alpha value is -3.53. The van der Waals surface area contributed by atoms with Crippen LogP contribution in [-0.4, -0.2) is 25.4 Å². The van der Waals surface area contributed by atoms with Gasteiger partial charge in [-0.2, -0.15) is 52.7 Å². The van der Waals surface area contributed by atoms with Gasteiger partial charge >= 0.3 is 24.7 Å². The van der Waals surface area contributed by atoms with Crippen LogP contribution in [0.15, 0.2) is 51.1 Å². The maximum absolute atomic E-state index is 12.7. The van der Waals surface area contributed by atoms with Gasteiger partial charge in [0.2, 0.25) is 5.95 Å². The highest BCUT2D eigenvalue weighted by atomic mass is 35.5. The molecule has 2 aromatic carbocycles. The first-order valence-electron chi connectivity index (χ1n) is 13.0. The van der Waals surface area contributed by atoms with E-state index >= 15 is 0 Å². The van der Waals surface area contributed by atoms with E-state index in [4.69, 9.17) is 52.1 Å². The molecule has 0 saturated heterocycles. The Morgan fingerprint density at radius 1 is 0.615 bits per heavy atom. The molecule has 0 amide bonds. The molecule has 4 rings (SSSR count). The quantitative estimate of drug-likeness (QED) is 0.0915. The number of rotatable bonds is 3. The molecular formula is C27H18Cl4F12N6O2S. The van der Waals surface area contributed by atoms with Crippen LogP contribution >= 0.6 is 58.2 Å². The molecule has 0 bridgehead atoms. The van der Waals surface area contributed by atoms with Crippen LogP contribution < -0.4 is 22.2 Å². The van der Waals surface area contributed by atoms with Crippen LogP contribution in [-0.2, 0) is 38.8 Å². The van der Waals surface area contributed by atoms with E-state index in [1.54, 1.807) is 6.26 Å². The number of halogens is 16. The van der Waals surface area contributed by atoms with E-state index in [0.717, 1.165) is 40.1 Å². The summed E-state index contributed by atoms with van der Waals surface area (Å²) in [5.41, 5.74) is -1.52. The summed E-state index contributed by atoms with van der Waals surface area (Å²) in [7, 11) is 2.49. The van der Waals surface area contributed by atoms with Crippen LogP contribution in [0.1, 0.15) is 22.5 Å². The van der Waals surface area contributed by atoms with E-state index in [1.807, 2.05) is 0 Å². The van der Waals surface area contributed by atoms with Crippen molar-refractivity contribution >= 4 is 75.5 Å². The van der Waals surface area contributed by atoms with Crippen molar-refractivity contribution in [2.75, 3.05) is 17.3 Å². The lowest BCUT2D eigenvalue weighted by Gasteiger charge is -2.16. The number of thioether (sulfide) groups is 1. The Balaban J connectivity index is 0.000000294. The zero-order valence-electron chi connectivity index (χ0n) is 25.6. The number of hydrogen-bond acceptors (Lipinski definition) is 7. The van der Waals surface area contributed by atoms with E-state index < -0.39 is 74.3 Å². The zero-order chi connectivity index (χ0) is 40.3. The number of nitrogens with two attached hydrogens (primary N) is 1. The minimum Gasteiger partial charge on any atom is -0.396 e. The SMILES string of the molecule is CSc1nc(C(F)(F)F)cc(=O)n1C.Cn1c(Nc2c(Cl)cc(C(F)(F)F)cc2Cl)nc(C(F)(F)F)cc1=O.Nc1c(Cl)cc(C(F)(F)F)cc1Cl. The van der Waals surface area contributed by atoms with Gasteiger partial charge in [-0.15, -0.1) is 0 Å². The fraction of sp³-hybridized carbons (Fsp3) is 0.259. The summed E-state index contributed by atoms with van der Waals surface area (Å²) in [6.45, 7) is 0. The second-order valence-electron chi connectivity index (χ2n) is 9.67. The summed E-state index contributed by atoms with van der Waals surface area (Å²) in [5, 5.41) is 0.903. The first-order valence-corrected chi connectivity index (χ1v) is 15.7. The summed E-state index contributed by atoms with van der Waals surface area (Å²) >= 11 is 23.3. The minimum absolute atomic E-state index is 0.0451. The number of nitrogens with zero attached hydrogens (tertiary/aromatic N) is 4. The average molecular weight is 860 g/mol. The molecule has 25 heteroatoms. The largest absolute Gasteiger partial charge is 0.433 e. The van der Waals surface area contributed by atoms with Gasteiger partial charge < -0.3 is 11.1 Å². The number of alkyl halides is 12. The summed E-state index contributed by atoms with van der Waals surface area (Å²) in [6.07, 6.45) is -17.1. The molecule has 52 heavy (non-hydrogen) atoms. The Labute approximate surface area is 307 Å². The Morgan fingerprint density at radius 3 is 1.35 bits per heavy atom. The van der Waals surface area contributed by atoms with Crippen molar-refractivity contribution < 1.29 is 52.7 Å². The van der Waals surface area contributed by atoms with Gasteiger partial charge in [0, 0.05) is 26.2 Å². The molecule has 0 aliphatic carbocycles. The zero-order valence-corrected chi connectivity index (χ0v) is 29.4. The Morgan fingerprint density at radius 2 is 0.981 bits per heavy atom. The van der Waals surface area contributed by atoms with Crippen LogP contribution in [0.25, 0.3) is 0 Å². The lowest BCUT2D eigenvalue weighted by Crippen LogP contribution is -2.24. The Bertz CT molecular complexity index is 2000. The van der Waals surface area contributed by atoms with Crippen LogP contribution in [0.4, 0.5) is 70.0 Å². The predicted molar refractivity (Wildman–Crippen MR) is 171 cm³/mol. The summed E-state index contributed by atoms with van der Waals surface area (Å²) < 4.78 is 151. The third kappa shape index (κ3) is 11.7. The van der Waals surface area contributed by atoms with Gasteiger partial charge in [-0.3, -0.25) is 18.7 Å². The standard InChI is InChI=1S/C13H7Cl2F6N3O.C7H4Cl2F3N.C7H7F3N2OS/c1-24-9(25)4-8(13(19,20)21)22-11(24)23-10-6(14)2-5(3-7(10)15)12(16,17)18;8-4-1-3(7(10,11)12)2-5(9)6(4)13;1-12-5(13)3-4(7(8,9)10)11-6(12)14-2/h2-4H,1H3,(H,22,23);1-2H,13H2;3H,1-2H3. The number of nitrogen functional groups attached to an aromatic ring is 1. The van der Waals surface area contributed by atoms with Crippen LogP contribution in [0, 0.1) is 0 Å². The highest BCUT2D eigenvalue weighted by Crippen LogP contribution is 2.40. The highest BCUT2D eigenvalue weighted by Gasteiger charge is 2.36. The van der Waals surface area contributed by atoms with Gasteiger partial charge in [0.15, 0.2) is 16.5 Å². The van der Waals surface area contributed by atoms with Gasteiger partial charge in [-0.05, 0) is 30.5 Å². The van der Waals surface area contributed by atoms with Crippen molar-refractivity contribution in [2.24, 2.45) is 14.1 Å². The minimum atomic E-state index is -4.89. The highest BCUT2D eigenvalue weighted by molar-refractivity contribution is 7.98. The van der Waals surface area contributed by atoms with Crippen LogP contribution in [0.5, 0.6) is 0 Å². The summed E-state index contributed by atoms with van der Waals surface area (Å²) in [5.74, 6) is -0.594. The molecular weight excluding hydrogens is 842 g/mol. The third-order valence-corrected chi connectivity index (χ3v) is 7.96. The average Bonchev–Trinajstić information content (AvgIpc) is 2.99. The molecule has 0 aliphatic heterocycles. The molecule has 8 nitrogen and oxygen atoms in total.